The van der Waals surface area contributed by atoms with E-state index in [2.05, 4.69) is 15.4 Å². The van der Waals surface area contributed by atoms with Crippen LogP contribution in [0.25, 0.3) is 0 Å². The molecule has 2 aromatic heterocycles. The lowest BCUT2D eigenvalue weighted by Gasteiger charge is -2.08. The van der Waals surface area contributed by atoms with E-state index in [1.165, 1.54) is 0 Å². The van der Waals surface area contributed by atoms with Gasteiger partial charge >= 0.3 is 0 Å². The Morgan fingerprint density at radius 1 is 1.15 bits per heavy atom. The first-order valence-corrected chi connectivity index (χ1v) is 8.55. The number of aromatic nitrogens is 3. The molecule has 1 aromatic carbocycles. The number of carbonyl (C=O) groups excluding carboxylic acids is 1. The van der Waals surface area contributed by atoms with E-state index in [-0.39, 0.29) is 5.91 Å². The van der Waals surface area contributed by atoms with Gasteiger partial charge in [-0.1, -0.05) is 18.2 Å². The molecule has 26 heavy (non-hydrogen) atoms. The third kappa shape index (κ3) is 5.44. The predicted octanol–water partition coefficient (Wildman–Crippen LogP) is 2.87. The number of hydrogen-bond donors (Lipinski definition) is 1. The Kier molecular flexibility index (Phi) is 5.98. The fourth-order valence-electron chi connectivity index (χ4n) is 2.45. The molecule has 0 aliphatic rings. The van der Waals surface area contributed by atoms with Crippen molar-refractivity contribution in [3.63, 3.8) is 0 Å². The molecular weight excluding hydrogens is 328 g/mol. The topological polar surface area (TPSA) is 69.0 Å². The maximum Gasteiger partial charge on any atom is 0.222 e. The Hall–Kier alpha value is -3.15. The molecule has 0 fully saturated rings. The first-order chi connectivity index (χ1) is 12.7. The molecule has 0 radical (unpaired) electrons. The van der Waals surface area contributed by atoms with Crippen LogP contribution in [0.1, 0.15) is 23.1 Å². The first kappa shape index (κ1) is 17.7. The zero-order chi connectivity index (χ0) is 18.2. The molecule has 6 nitrogen and oxygen atoms in total. The average molecular weight is 350 g/mol. The van der Waals surface area contributed by atoms with Gasteiger partial charge in [0, 0.05) is 43.7 Å². The smallest absolute Gasteiger partial charge is 0.222 e. The second kappa shape index (κ2) is 8.80. The van der Waals surface area contributed by atoms with Crippen molar-refractivity contribution in [3.05, 3.63) is 77.9 Å². The molecule has 134 valence electrons. The summed E-state index contributed by atoms with van der Waals surface area (Å²) in [6, 6.07) is 11.6. The molecule has 1 N–H and O–H groups in total. The molecule has 0 saturated carbocycles. The lowest BCUT2D eigenvalue weighted by molar-refractivity contribution is -0.121. The molecule has 0 unspecified atom stereocenters. The molecular formula is C20H22N4O2. The van der Waals surface area contributed by atoms with Gasteiger partial charge in [0.1, 0.15) is 12.4 Å². The minimum Gasteiger partial charge on any atom is -0.489 e. The van der Waals surface area contributed by atoms with E-state index < -0.39 is 0 Å². The van der Waals surface area contributed by atoms with Crippen molar-refractivity contribution in [2.24, 2.45) is 0 Å². The van der Waals surface area contributed by atoms with Crippen LogP contribution < -0.4 is 10.1 Å². The molecule has 2 heterocycles. The van der Waals surface area contributed by atoms with Gasteiger partial charge < -0.3 is 10.1 Å². The highest BCUT2D eigenvalue weighted by Crippen LogP contribution is 2.14. The van der Waals surface area contributed by atoms with Gasteiger partial charge in [-0.2, -0.15) is 5.10 Å². The monoisotopic (exact) mass is 350 g/mol. The van der Waals surface area contributed by atoms with Crippen LogP contribution in [0.2, 0.25) is 0 Å². The van der Waals surface area contributed by atoms with Crippen LogP contribution >= 0.6 is 0 Å². The minimum atomic E-state index is 0.00931. The molecule has 3 aromatic rings. The third-order valence-electron chi connectivity index (χ3n) is 3.87. The summed E-state index contributed by atoms with van der Waals surface area (Å²) in [5, 5.41) is 7.10. The Bertz CT molecular complexity index is 829. The van der Waals surface area contributed by atoms with Crippen molar-refractivity contribution >= 4 is 5.91 Å². The molecule has 3 rings (SSSR count). The van der Waals surface area contributed by atoms with Crippen LogP contribution in [-0.4, -0.2) is 20.7 Å². The number of rotatable bonds is 8. The van der Waals surface area contributed by atoms with Crippen LogP contribution in [-0.2, 0) is 24.5 Å². The second-order valence-corrected chi connectivity index (χ2v) is 6.10. The molecule has 0 saturated heterocycles. The summed E-state index contributed by atoms with van der Waals surface area (Å²) in [6.45, 7) is 3.55. The fraction of sp³-hybridized carbons (Fsp3) is 0.250. The van der Waals surface area contributed by atoms with E-state index in [9.17, 15) is 4.79 Å². The van der Waals surface area contributed by atoms with Crippen LogP contribution in [0.3, 0.4) is 0 Å². The number of nitrogens with one attached hydrogen (secondary N) is 1. The van der Waals surface area contributed by atoms with Crippen molar-refractivity contribution in [2.75, 3.05) is 0 Å². The van der Waals surface area contributed by atoms with E-state index in [4.69, 9.17) is 4.74 Å². The number of hydrogen-bond acceptors (Lipinski definition) is 4. The molecule has 0 aliphatic heterocycles. The highest BCUT2D eigenvalue weighted by molar-refractivity contribution is 5.75. The lowest BCUT2D eigenvalue weighted by Crippen LogP contribution is -2.24. The highest BCUT2D eigenvalue weighted by Gasteiger charge is 2.03. The zero-order valence-electron chi connectivity index (χ0n) is 14.8. The van der Waals surface area contributed by atoms with Crippen molar-refractivity contribution in [1.29, 1.82) is 0 Å². The van der Waals surface area contributed by atoms with E-state index in [0.717, 1.165) is 22.4 Å². The minimum absolute atomic E-state index is 0.00931. The molecule has 1 amide bonds. The summed E-state index contributed by atoms with van der Waals surface area (Å²) in [5.74, 6) is 0.799. The maximum atomic E-state index is 11.9. The number of amides is 1. The summed E-state index contributed by atoms with van der Waals surface area (Å²) in [5.41, 5.74) is 3.15. The Labute approximate surface area is 152 Å². The van der Waals surface area contributed by atoms with Crippen LogP contribution in [0.5, 0.6) is 5.75 Å². The zero-order valence-corrected chi connectivity index (χ0v) is 14.8. The summed E-state index contributed by atoms with van der Waals surface area (Å²) in [6.07, 6.45) is 7.65. The van der Waals surface area contributed by atoms with Crippen molar-refractivity contribution in [1.82, 2.24) is 20.1 Å². The molecule has 0 aliphatic carbocycles. The quantitative estimate of drug-likeness (QED) is 0.678. The average Bonchev–Trinajstić information content (AvgIpc) is 3.10. The van der Waals surface area contributed by atoms with Crippen LogP contribution in [0.4, 0.5) is 0 Å². The van der Waals surface area contributed by atoms with Gasteiger partial charge in [-0.25, -0.2) is 0 Å². The van der Waals surface area contributed by atoms with Crippen molar-refractivity contribution in [2.45, 2.75) is 33.0 Å². The van der Waals surface area contributed by atoms with Gasteiger partial charge in [-0.15, -0.1) is 0 Å². The molecule has 6 heteroatoms. The van der Waals surface area contributed by atoms with Crippen molar-refractivity contribution in [3.8, 4) is 5.75 Å². The third-order valence-corrected chi connectivity index (χ3v) is 3.87. The predicted molar refractivity (Wildman–Crippen MR) is 98.4 cm³/mol. The summed E-state index contributed by atoms with van der Waals surface area (Å²) in [4.78, 5) is 16.0. The summed E-state index contributed by atoms with van der Waals surface area (Å²) < 4.78 is 7.51. The number of ether oxygens (including phenoxy) is 1. The summed E-state index contributed by atoms with van der Waals surface area (Å²) in [7, 11) is 0. The molecule has 0 atom stereocenters. The van der Waals surface area contributed by atoms with E-state index in [1.54, 1.807) is 23.3 Å². The van der Waals surface area contributed by atoms with Crippen LogP contribution in [0, 0.1) is 6.92 Å². The van der Waals surface area contributed by atoms with Gasteiger partial charge in [0.25, 0.3) is 0 Å². The standard InChI is InChI=1S/C20H22N4O2/c1-16-11-23-24(14-16)10-8-20(25)22-13-17-4-6-19(7-5-17)26-15-18-3-2-9-21-12-18/h2-7,9,11-12,14H,8,10,13,15H2,1H3,(H,22,25). The number of benzene rings is 1. The van der Waals surface area contributed by atoms with Gasteiger partial charge in [-0.3, -0.25) is 14.5 Å². The number of aryl methyl sites for hydroxylation is 2. The van der Waals surface area contributed by atoms with Crippen molar-refractivity contribution < 1.29 is 9.53 Å². The highest BCUT2D eigenvalue weighted by atomic mass is 16.5. The Morgan fingerprint density at radius 3 is 2.69 bits per heavy atom. The fourth-order valence-corrected chi connectivity index (χ4v) is 2.45. The lowest BCUT2D eigenvalue weighted by atomic mass is 10.2. The maximum absolute atomic E-state index is 11.9. The SMILES string of the molecule is Cc1cnn(CCC(=O)NCc2ccc(OCc3cccnc3)cc2)c1. The largest absolute Gasteiger partial charge is 0.489 e. The number of pyridine rings is 1. The normalized spacial score (nSPS) is 10.5. The van der Waals surface area contributed by atoms with Crippen LogP contribution in [0.15, 0.2) is 61.2 Å². The molecule has 0 spiro atoms. The second-order valence-electron chi connectivity index (χ2n) is 6.10. The van der Waals surface area contributed by atoms with E-state index in [1.807, 2.05) is 49.5 Å². The number of nitrogens with zero attached hydrogens (tertiary/aromatic N) is 3. The Morgan fingerprint density at radius 2 is 2.00 bits per heavy atom. The van der Waals surface area contributed by atoms with Gasteiger partial charge in [-0.05, 0) is 36.2 Å². The van der Waals surface area contributed by atoms with E-state index in [0.29, 0.717) is 26.1 Å². The summed E-state index contributed by atoms with van der Waals surface area (Å²) >= 11 is 0. The van der Waals surface area contributed by atoms with E-state index >= 15 is 0 Å². The Balaban J connectivity index is 1.40. The van der Waals surface area contributed by atoms with Gasteiger partial charge in [0.05, 0.1) is 6.20 Å². The van der Waals surface area contributed by atoms with Gasteiger partial charge in [0.2, 0.25) is 5.91 Å². The molecule has 0 bridgehead atoms. The first-order valence-electron chi connectivity index (χ1n) is 8.55. The van der Waals surface area contributed by atoms with Gasteiger partial charge in [0.15, 0.2) is 0 Å². The number of carbonyl (C=O) groups is 1.